The van der Waals surface area contributed by atoms with E-state index >= 15 is 0 Å². The number of nitrogens with one attached hydrogen (secondary N) is 1. The Morgan fingerprint density at radius 1 is 1.38 bits per heavy atom. The van der Waals surface area contributed by atoms with Crippen LogP contribution in [0.15, 0.2) is 23.1 Å². The number of aliphatic hydroxyl groups excluding tert-OH is 1. The molecule has 1 aliphatic rings. The van der Waals surface area contributed by atoms with Crippen molar-refractivity contribution >= 4 is 15.7 Å². The van der Waals surface area contributed by atoms with Crippen LogP contribution >= 0.6 is 0 Å². The van der Waals surface area contributed by atoms with Gasteiger partial charge in [0, 0.05) is 24.3 Å². The summed E-state index contributed by atoms with van der Waals surface area (Å²) < 4.78 is 23.1. The Kier molecular flexibility index (Phi) is 4.68. The van der Waals surface area contributed by atoms with Crippen molar-refractivity contribution in [2.75, 3.05) is 12.8 Å². The predicted molar refractivity (Wildman–Crippen MR) is 80.0 cm³/mol. The zero-order valence-electron chi connectivity index (χ0n) is 12.3. The van der Waals surface area contributed by atoms with Gasteiger partial charge in [-0.3, -0.25) is 4.79 Å². The van der Waals surface area contributed by atoms with Crippen LogP contribution in [0, 0.1) is 12.8 Å². The van der Waals surface area contributed by atoms with E-state index in [1.54, 1.807) is 13.0 Å². The number of carbonyl (C=O) groups excluding carboxylic acids is 1. The minimum atomic E-state index is -3.33. The summed E-state index contributed by atoms with van der Waals surface area (Å²) in [5.74, 6) is -0.204. The van der Waals surface area contributed by atoms with Gasteiger partial charge in [0.15, 0.2) is 9.84 Å². The minimum Gasteiger partial charge on any atom is -0.393 e. The Labute approximate surface area is 125 Å². The fourth-order valence-corrected chi connectivity index (χ4v) is 3.30. The van der Waals surface area contributed by atoms with Crippen LogP contribution in [-0.4, -0.2) is 38.3 Å². The molecular formula is C15H21NO4S. The maximum Gasteiger partial charge on any atom is 0.251 e. The van der Waals surface area contributed by atoms with Gasteiger partial charge in [-0.2, -0.15) is 0 Å². The van der Waals surface area contributed by atoms with Crippen molar-refractivity contribution in [3.63, 3.8) is 0 Å². The van der Waals surface area contributed by atoms with Crippen molar-refractivity contribution < 1.29 is 18.3 Å². The van der Waals surface area contributed by atoms with E-state index in [0.29, 0.717) is 12.1 Å². The largest absolute Gasteiger partial charge is 0.393 e. The van der Waals surface area contributed by atoms with Gasteiger partial charge in [0.2, 0.25) is 0 Å². The average molecular weight is 311 g/mol. The van der Waals surface area contributed by atoms with Crippen LogP contribution in [0.25, 0.3) is 0 Å². The van der Waals surface area contributed by atoms with Crippen LogP contribution in [0.1, 0.15) is 35.2 Å². The minimum absolute atomic E-state index is 0.0901. The van der Waals surface area contributed by atoms with Crippen LogP contribution in [0.2, 0.25) is 0 Å². The number of rotatable bonds is 4. The van der Waals surface area contributed by atoms with Gasteiger partial charge in [-0.1, -0.05) is 12.5 Å². The van der Waals surface area contributed by atoms with Crippen LogP contribution < -0.4 is 5.32 Å². The van der Waals surface area contributed by atoms with E-state index in [0.717, 1.165) is 31.1 Å². The highest BCUT2D eigenvalue weighted by molar-refractivity contribution is 7.90. The van der Waals surface area contributed by atoms with Gasteiger partial charge in [-0.05, 0) is 37.5 Å². The Hall–Kier alpha value is -1.40. The monoisotopic (exact) mass is 311 g/mol. The molecule has 5 nitrogen and oxygen atoms in total. The lowest BCUT2D eigenvalue weighted by molar-refractivity contribution is 0.0916. The Morgan fingerprint density at radius 3 is 2.67 bits per heavy atom. The van der Waals surface area contributed by atoms with E-state index in [4.69, 9.17) is 0 Å². The fourth-order valence-electron chi connectivity index (χ4n) is 2.65. The Morgan fingerprint density at radius 2 is 2.10 bits per heavy atom. The topological polar surface area (TPSA) is 83.5 Å². The molecule has 0 aliphatic heterocycles. The second-order valence-electron chi connectivity index (χ2n) is 5.72. The zero-order chi connectivity index (χ0) is 15.6. The molecule has 2 N–H and O–H groups in total. The summed E-state index contributed by atoms with van der Waals surface area (Å²) in [5, 5.41) is 12.5. The van der Waals surface area contributed by atoms with Gasteiger partial charge in [-0.25, -0.2) is 8.42 Å². The lowest BCUT2D eigenvalue weighted by Gasteiger charge is -2.16. The number of hydrogen-bond donors (Lipinski definition) is 2. The summed E-state index contributed by atoms with van der Waals surface area (Å²) in [4.78, 5) is 12.4. The molecule has 0 spiro atoms. The standard InChI is InChI=1S/C15H21NO4S/c1-10-6-7-12(21(2,19)20)8-13(10)15(18)16-9-11-4-3-5-14(11)17/h6-8,11,14,17H,3-5,9H2,1-2H3,(H,16,18). The lowest BCUT2D eigenvalue weighted by Crippen LogP contribution is -2.32. The molecule has 6 heteroatoms. The number of hydrogen-bond acceptors (Lipinski definition) is 4. The highest BCUT2D eigenvalue weighted by Gasteiger charge is 2.25. The molecule has 2 rings (SSSR count). The quantitative estimate of drug-likeness (QED) is 0.877. The van der Waals surface area contributed by atoms with Crippen molar-refractivity contribution in [3.05, 3.63) is 29.3 Å². The van der Waals surface area contributed by atoms with Gasteiger partial charge in [0.25, 0.3) is 5.91 Å². The molecule has 0 bridgehead atoms. The summed E-state index contributed by atoms with van der Waals surface area (Å²) in [7, 11) is -3.33. The molecule has 0 aromatic heterocycles. The third kappa shape index (κ3) is 3.83. The van der Waals surface area contributed by atoms with E-state index < -0.39 is 9.84 Å². The first-order valence-electron chi connectivity index (χ1n) is 7.06. The third-order valence-corrected chi connectivity index (χ3v) is 5.14. The second kappa shape index (κ2) is 6.15. The fraction of sp³-hybridized carbons (Fsp3) is 0.533. The predicted octanol–water partition coefficient (Wildman–Crippen LogP) is 1.29. The molecule has 1 aliphatic carbocycles. The van der Waals surface area contributed by atoms with Crippen LogP contribution in [0.5, 0.6) is 0 Å². The lowest BCUT2D eigenvalue weighted by atomic mass is 10.1. The summed E-state index contributed by atoms with van der Waals surface area (Å²) >= 11 is 0. The number of carbonyl (C=O) groups is 1. The zero-order valence-corrected chi connectivity index (χ0v) is 13.1. The summed E-state index contributed by atoms with van der Waals surface area (Å²) in [5.41, 5.74) is 1.09. The summed E-state index contributed by atoms with van der Waals surface area (Å²) in [6.45, 7) is 2.19. The first-order valence-corrected chi connectivity index (χ1v) is 8.95. The van der Waals surface area contributed by atoms with Crippen molar-refractivity contribution in [1.29, 1.82) is 0 Å². The first-order chi connectivity index (χ1) is 9.79. The van der Waals surface area contributed by atoms with Crippen molar-refractivity contribution in [1.82, 2.24) is 5.32 Å². The van der Waals surface area contributed by atoms with E-state index in [1.165, 1.54) is 12.1 Å². The van der Waals surface area contributed by atoms with Gasteiger partial charge in [0.05, 0.1) is 11.0 Å². The first kappa shape index (κ1) is 16.0. The Bertz CT molecular complexity index is 639. The third-order valence-electron chi connectivity index (χ3n) is 4.03. The molecule has 21 heavy (non-hydrogen) atoms. The number of benzene rings is 1. The summed E-state index contributed by atoms with van der Waals surface area (Å²) in [6.07, 6.45) is 3.43. The summed E-state index contributed by atoms with van der Waals surface area (Å²) in [6, 6.07) is 4.54. The van der Waals surface area contributed by atoms with Gasteiger partial charge < -0.3 is 10.4 Å². The molecule has 1 saturated carbocycles. The van der Waals surface area contributed by atoms with Crippen LogP contribution in [0.4, 0.5) is 0 Å². The molecule has 0 saturated heterocycles. The normalized spacial score (nSPS) is 22.2. The molecule has 116 valence electrons. The van der Waals surface area contributed by atoms with Gasteiger partial charge in [-0.15, -0.1) is 0 Å². The highest BCUT2D eigenvalue weighted by Crippen LogP contribution is 2.25. The number of amides is 1. The van der Waals surface area contributed by atoms with E-state index in [-0.39, 0.29) is 22.8 Å². The average Bonchev–Trinajstić information content (AvgIpc) is 2.80. The van der Waals surface area contributed by atoms with E-state index in [9.17, 15) is 18.3 Å². The molecule has 0 radical (unpaired) electrons. The molecule has 1 aromatic carbocycles. The van der Waals surface area contributed by atoms with Gasteiger partial charge >= 0.3 is 0 Å². The van der Waals surface area contributed by atoms with Crippen LogP contribution in [0.3, 0.4) is 0 Å². The highest BCUT2D eigenvalue weighted by atomic mass is 32.2. The molecule has 2 unspecified atom stereocenters. The molecule has 2 atom stereocenters. The molecular weight excluding hydrogens is 290 g/mol. The maximum atomic E-state index is 12.2. The van der Waals surface area contributed by atoms with Crippen molar-refractivity contribution in [2.24, 2.45) is 5.92 Å². The maximum absolute atomic E-state index is 12.2. The molecule has 1 aromatic rings. The number of sulfone groups is 1. The number of aryl methyl sites for hydroxylation is 1. The molecule has 1 fully saturated rings. The molecule has 1 amide bonds. The van der Waals surface area contributed by atoms with E-state index in [1.807, 2.05) is 0 Å². The number of aliphatic hydroxyl groups is 1. The smallest absolute Gasteiger partial charge is 0.251 e. The molecule has 0 heterocycles. The van der Waals surface area contributed by atoms with E-state index in [2.05, 4.69) is 5.32 Å². The SMILES string of the molecule is Cc1ccc(S(C)(=O)=O)cc1C(=O)NCC1CCCC1O. The van der Waals surface area contributed by atoms with Gasteiger partial charge in [0.1, 0.15) is 0 Å². The van der Waals surface area contributed by atoms with Crippen molar-refractivity contribution in [3.8, 4) is 0 Å². The second-order valence-corrected chi connectivity index (χ2v) is 7.73. The Balaban J connectivity index is 2.11. The van der Waals surface area contributed by atoms with Crippen molar-refractivity contribution in [2.45, 2.75) is 37.2 Å². The van der Waals surface area contributed by atoms with Crippen LogP contribution in [-0.2, 0) is 9.84 Å².